The van der Waals surface area contributed by atoms with Crippen molar-refractivity contribution in [1.29, 1.82) is 0 Å². The summed E-state index contributed by atoms with van der Waals surface area (Å²) >= 11 is 0. The Balaban J connectivity index is 1.92. The molecule has 6 nitrogen and oxygen atoms in total. The first kappa shape index (κ1) is 15.3. The van der Waals surface area contributed by atoms with E-state index in [2.05, 4.69) is 5.10 Å². The zero-order chi connectivity index (χ0) is 16.6. The van der Waals surface area contributed by atoms with Crippen molar-refractivity contribution >= 4 is 11.9 Å². The van der Waals surface area contributed by atoms with Crippen molar-refractivity contribution in [3.8, 4) is 0 Å². The summed E-state index contributed by atoms with van der Waals surface area (Å²) in [5.74, 6) is -1.33. The summed E-state index contributed by atoms with van der Waals surface area (Å²) in [4.78, 5) is 25.8. The highest BCUT2D eigenvalue weighted by Gasteiger charge is 2.35. The van der Waals surface area contributed by atoms with Crippen molar-refractivity contribution in [2.75, 3.05) is 0 Å². The molecular weight excluding hydrogens is 294 g/mol. The van der Waals surface area contributed by atoms with E-state index in [-0.39, 0.29) is 17.6 Å². The van der Waals surface area contributed by atoms with Gasteiger partial charge in [0.2, 0.25) is 0 Å². The third kappa shape index (κ3) is 2.84. The molecule has 120 valence electrons. The van der Waals surface area contributed by atoms with Crippen LogP contribution in [-0.2, 0) is 17.8 Å². The van der Waals surface area contributed by atoms with Crippen molar-refractivity contribution in [3.63, 3.8) is 0 Å². The average molecular weight is 313 g/mol. The Morgan fingerprint density at radius 1 is 1.22 bits per heavy atom. The summed E-state index contributed by atoms with van der Waals surface area (Å²) in [6, 6.07) is 8.56. The molecule has 0 bridgehead atoms. The normalized spacial score (nSPS) is 17.2. The molecule has 1 aromatic heterocycles. The Bertz CT molecular complexity index is 751. The largest absolute Gasteiger partial charge is 0.480 e. The van der Waals surface area contributed by atoms with Crippen LogP contribution in [0, 0.1) is 0 Å². The predicted molar refractivity (Wildman–Crippen MR) is 84.1 cm³/mol. The lowest BCUT2D eigenvalue weighted by Gasteiger charge is -2.34. The van der Waals surface area contributed by atoms with Gasteiger partial charge in [-0.2, -0.15) is 5.10 Å². The molecule has 0 fully saturated rings. The Morgan fingerprint density at radius 2 is 1.91 bits per heavy atom. The van der Waals surface area contributed by atoms with Gasteiger partial charge in [0.05, 0.1) is 0 Å². The lowest BCUT2D eigenvalue weighted by Crippen LogP contribution is -2.48. The number of nitrogens with zero attached hydrogens (tertiary/aromatic N) is 3. The van der Waals surface area contributed by atoms with Crippen LogP contribution in [0.1, 0.15) is 41.5 Å². The van der Waals surface area contributed by atoms with Gasteiger partial charge in [0, 0.05) is 25.2 Å². The van der Waals surface area contributed by atoms with E-state index in [1.54, 1.807) is 16.9 Å². The molecule has 2 aromatic rings. The molecule has 1 atom stereocenters. The molecule has 2 heterocycles. The first-order valence-electron chi connectivity index (χ1n) is 7.63. The van der Waals surface area contributed by atoms with Crippen molar-refractivity contribution in [2.45, 2.75) is 38.9 Å². The second-order valence-corrected chi connectivity index (χ2v) is 6.03. The molecule has 1 aromatic carbocycles. The van der Waals surface area contributed by atoms with Crippen LogP contribution in [0.25, 0.3) is 0 Å². The number of carbonyl (C=O) groups is 2. The molecule has 23 heavy (non-hydrogen) atoms. The minimum absolute atomic E-state index is 0.147. The van der Waals surface area contributed by atoms with Crippen molar-refractivity contribution < 1.29 is 14.7 Å². The second-order valence-electron chi connectivity index (χ2n) is 6.03. The van der Waals surface area contributed by atoms with Crippen LogP contribution in [0.5, 0.6) is 0 Å². The maximum atomic E-state index is 12.7. The monoisotopic (exact) mass is 313 g/mol. The van der Waals surface area contributed by atoms with Crippen molar-refractivity contribution in [2.24, 2.45) is 0 Å². The second kappa shape index (κ2) is 5.87. The summed E-state index contributed by atoms with van der Waals surface area (Å²) < 4.78 is 1.70. The summed E-state index contributed by atoms with van der Waals surface area (Å²) in [6.07, 6.45) is 2.06. The van der Waals surface area contributed by atoms with E-state index < -0.39 is 12.0 Å². The molecule has 3 rings (SSSR count). The van der Waals surface area contributed by atoms with E-state index in [1.807, 2.05) is 38.1 Å². The van der Waals surface area contributed by atoms with Crippen LogP contribution >= 0.6 is 0 Å². The SMILES string of the molecule is CC(C)n1ccc(C(=O)N2Cc3ccccc3C[C@@H]2C(=O)O)n1. The van der Waals surface area contributed by atoms with Gasteiger partial charge in [0.15, 0.2) is 0 Å². The molecule has 1 amide bonds. The predicted octanol–water partition coefficient (Wildman–Crippen LogP) is 2.12. The lowest BCUT2D eigenvalue weighted by atomic mass is 9.93. The van der Waals surface area contributed by atoms with Gasteiger partial charge >= 0.3 is 5.97 Å². The molecule has 1 aliphatic rings. The number of carbonyl (C=O) groups excluding carboxylic acids is 1. The first-order valence-corrected chi connectivity index (χ1v) is 7.63. The number of benzene rings is 1. The Labute approximate surface area is 134 Å². The van der Waals surface area contributed by atoms with Gasteiger partial charge in [0.1, 0.15) is 11.7 Å². The molecule has 6 heteroatoms. The number of hydrogen-bond donors (Lipinski definition) is 1. The number of fused-ring (bicyclic) bond motifs is 1. The fourth-order valence-corrected chi connectivity index (χ4v) is 2.84. The molecule has 1 N–H and O–H groups in total. The third-order valence-electron chi connectivity index (χ3n) is 4.15. The van der Waals surface area contributed by atoms with Crippen LogP contribution in [0.4, 0.5) is 0 Å². The van der Waals surface area contributed by atoms with Gasteiger partial charge < -0.3 is 10.0 Å². The van der Waals surface area contributed by atoms with E-state index in [9.17, 15) is 14.7 Å². The number of rotatable bonds is 3. The number of hydrogen-bond acceptors (Lipinski definition) is 3. The summed E-state index contributed by atoms with van der Waals surface area (Å²) in [6.45, 7) is 4.23. The Kier molecular flexibility index (Phi) is 3.90. The molecule has 1 aliphatic heterocycles. The van der Waals surface area contributed by atoms with Crippen LogP contribution in [0.3, 0.4) is 0 Å². The van der Waals surface area contributed by atoms with Gasteiger partial charge in [-0.15, -0.1) is 0 Å². The zero-order valence-electron chi connectivity index (χ0n) is 13.1. The first-order chi connectivity index (χ1) is 11.0. The van der Waals surface area contributed by atoms with Crippen LogP contribution < -0.4 is 0 Å². The smallest absolute Gasteiger partial charge is 0.326 e. The molecule has 0 radical (unpaired) electrons. The van der Waals surface area contributed by atoms with E-state index in [0.29, 0.717) is 13.0 Å². The van der Waals surface area contributed by atoms with E-state index in [4.69, 9.17) is 0 Å². The highest BCUT2D eigenvalue weighted by Crippen LogP contribution is 2.25. The van der Waals surface area contributed by atoms with E-state index >= 15 is 0 Å². The van der Waals surface area contributed by atoms with E-state index in [0.717, 1.165) is 11.1 Å². The standard InChI is InChI=1S/C17H19N3O3/c1-11(2)20-8-7-14(18-20)16(21)19-10-13-6-4-3-5-12(13)9-15(19)17(22)23/h3-8,11,15H,9-10H2,1-2H3,(H,22,23)/t15-/m1/s1. The third-order valence-corrected chi connectivity index (χ3v) is 4.15. The minimum Gasteiger partial charge on any atom is -0.480 e. The summed E-state index contributed by atoms with van der Waals surface area (Å²) in [7, 11) is 0. The fourth-order valence-electron chi connectivity index (χ4n) is 2.84. The van der Waals surface area contributed by atoms with Crippen molar-refractivity contribution in [3.05, 3.63) is 53.3 Å². The molecule has 0 spiro atoms. The van der Waals surface area contributed by atoms with Gasteiger partial charge in [-0.25, -0.2) is 4.79 Å². The van der Waals surface area contributed by atoms with Gasteiger partial charge in [-0.1, -0.05) is 24.3 Å². The summed E-state index contributed by atoms with van der Waals surface area (Å²) in [5, 5.41) is 13.8. The van der Waals surface area contributed by atoms with E-state index in [1.165, 1.54) is 4.90 Å². The Hall–Kier alpha value is -2.63. The maximum Gasteiger partial charge on any atom is 0.326 e. The van der Waals surface area contributed by atoms with Gasteiger partial charge in [0.25, 0.3) is 5.91 Å². The van der Waals surface area contributed by atoms with Crippen LogP contribution in [-0.4, -0.2) is 37.7 Å². The van der Waals surface area contributed by atoms with Crippen LogP contribution in [0.15, 0.2) is 36.5 Å². The molecular formula is C17H19N3O3. The highest BCUT2D eigenvalue weighted by atomic mass is 16.4. The van der Waals surface area contributed by atoms with Crippen molar-refractivity contribution in [1.82, 2.24) is 14.7 Å². The Morgan fingerprint density at radius 3 is 2.52 bits per heavy atom. The summed E-state index contributed by atoms with van der Waals surface area (Å²) in [5.41, 5.74) is 2.25. The van der Waals surface area contributed by atoms with Gasteiger partial charge in [-0.3, -0.25) is 9.48 Å². The number of aromatic nitrogens is 2. The molecule has 0 aliphatic carbocycles. The topological polar surface area (TPSA) is 75.4 Å². The number of amides is 1. The molecule has 0 unspecified atom stereocenters. The zero-order valence-corrected chi connectivity index (χ0v) is 13.1. The fraction of sp³-hybridized carbons (Fsp3) is 0.353. The van der Waals surface area contributed by atoms with Crippen LogP contribution in [0.2, 0.25) is 0 Å². The average Bonchev–Trinajstić information content (AvgIpc) is 3.03. The number of carboxylic acids is 1. The quantitative estimate of drug-likeness (QED) is 0.941. The minimum atomic E-state index is -0.990. The number of aliphatic carboxylic acids is 1. The molecule has 0 saturated heterocycles. The lowest BCUT2D eigenvalue weighted by molar-refractivity contribution is -0.142. The number of carboxylic acid groups (broad SMARTS) is 1. The molecule has 0 saturated carbocycles. The van der Waals surface area contributed by atoms with Gasteiger partial charge in [-0.05, 0) is 31.0 Å². The highest BCUT2D eigenvalue weighted by molar-refractivity contribution is 5.95. The maximum absolute atomic E-state index is 12.7.